The number of fused-ring (bicyclic) bond motifs is 1. The molecule has 0 aliphatic rings. The van der Waals surface area contributed by atoms with Crippen molar-refractivity contribution in [1.29, 1.82) is 0 Å². The number of nitrogens with zero attached hydrogens (tertiary/aromatic N) is 2. The number of rotatable bonds is 6. The van der Waals surface area contributed by atoms with E-state index in [-0.39, 0.29) is 0 Å². The van der Waals surface area contributed by atoms with Crippen LogP contribution < -0.4 is 10.6 Å². The first kappa shape index (κ1) is 16.2. The molecule has 0 fully saturated rings. The summed E-state index contributed by atoms with van der Waals surface area (Å²) in [7, 11) is 1.69. The first-order chi connectivity index (χ1) is 11.7. The van der Waals surface area contributed by atoms with E-state index in [4.69, 9.17) is 4.74 Å². The fourth-order valence-corrected chi connectivity index (χ4v) is 2.53. The van der Waals surface area contributed by atoms with Crippen LogP contribution in [0.25, 0.3) is 10.9 Å². The van der Waals surface area contributed by atoms with Crippen molar-refractivity contribution in [2.24, 2.45) is 0 Å². The van der Waals surface area contributed by atoms with Crippen molar-refractivity contribution in [3.05, 3.63) is 53.6 Å². The Bertz CT molecular complexity index is 848. The monoisotopic (exact) mass is 322 g/mol. The van der Waals surface area contributed by atoms with Gasteiger partial charge in [-0.25, -0.2) is 4.98 Å². The number of nitrogens with one attached hydrogen (secondary N) is 2. The van der Waals surface area contributed by atoms with Gasteiger partial charge in [0.15, 0.2) is 0 Å². The van der Waals surface area contributed by atoms with Gasteiger partial charge in [0.05, 0.1) is 12.1 Å². The highest BCUT2D eigenvalue weighted by Gasteiger charge is 2.08. The Morgan fingerprint density at radius 3 is 2.71 bits per heavy atom. The molecule has 5 heteroatoms. The van der Waals surface area contributed by atoms with Crippen molar-refractivity contribution >= 4 is 28.4 Å². The van der Waals surface area contributed by atoms with Crippen LogP contribution in [0, 0.1) is 13.8 Å². The highest BCUT2D eigenvalue weighted by molar-refractivity contribution is 5.90. The van der Waals surface area contributed by atoms with Gasteiger partial charge in [-0.3, -0.25) is 0 Å². The zero-order valence-corrected chi connectivity index (χ0v) is 14.3. The van der Waals surface area contributed by atoms with Crippen LogP contribution in [0.2, 0.25) is 0 Å². The quantitative estimate of drug-likeness (QED) is 0.671. The summed E-state index contributed by atoms with van der Waals surface area (Å²) in [6.45, 7) is 5.46. The van der Waals surface area contributed by atoms with Gasteiger partial charge in [-0.1, -0.05) is 24.3 Å². The van der Waals surface area contributed by atoms with Crippen molar-refractivity contribution < 1.29 is 4.74 Å². The van der Waals surface area contributed by atoms with Gasteiger partial charge in [0.1, 0.15) is 5.82 Å². The summed E-state index contributed by atoms with van der Waals surface area (Å²) in [5.41, 5.74) is 4.28. The second kappa shape index (κ2) is 7.27. The van der Waals surface area contributed by atoms with E-state index in [0.29, 0.717) is 19.1 Å². The van der Waals surface area contributed by atoms with E-state index < -0.39 is 0 Å². The summed E-state index contributed by atoms with van der Waals surface area (Å²) >= 11 is 0. The molecular formula is C19H22N4O. The highest BCUT2D eigenvalue weighted by atomic mass is 16.5. The maximum atomic E-state index is 5.11. The molecule has 0 amide bonds. The molecule has 0 saturated heterocycles. The molecule has 0 bridgehead atoms. The summed E-state index contributed by atoms with van der Waals surface area (Å²) in [5.74, 6) is 1.40. The van der Waals surface area contributed by atoms with E-state index in [1.807, 2.05) is 24.3 Å². The van der Waals surface area contributed by atoms with Crippen LogP contribution in [-0.4, -0.2) is 30.2 Å². The molecule has 0 aliphatic heterocycles. The summed E-state index contributed by atoms with van der Waals surface area (Å²) in [4.78, 5) is 9.29. The minimum atomic E-state index is 0.585. The topological polar surface area (TPSA) is 59.1 Å². The van der Waals surface area contributed by atoms with E-state index in [1.165, 1.54) is 5.56 Å². The number of methoxy groups -OCH3 is 1. The van der Waals surface area contributed by atoms with Crippen molar-refractivity contribution in [2.45, 2.75) is 13.8 Å². The summed E-state index contributed by atoms with van der Waals surface area (Å²) < 4.78 is 5.11. The number of benzene rings is 2. The number of aryl methyl sites for hydroxylation is 2. The van der Waals surface area contributed by atoms with E-state index in [2.05, 4.69) is 52.6 Å². The fraction of sp³-hybridized carbons (Fsp3) is 0.263. The number of para-hydroxylation sites is 1. The number of hydrogen-bond donors (Lipinski definition) is 2. The largest absolute Gasteiger partial charge is 0.383 e. The summed E-state index contributed by atoms with van der Waals surface area (Å²) in [5, 5.41) is 7.67. The normalized spacial score (nSPS) is 10.8. The molecule has 0 spiro atoms. The molecule has 3 aromatic rings. The van der Waals surface area contributed by atoms with E-state index in [9.17, 15) is 0 Å². The van der Waals surface area contributed by atoms with E-state index >= 15 is 0 Å². The minimum Gasteiger partial charge on any atom is -0.383 e. The molecule has 0 radical (unpaired) electrons. The Hall–Kier alpha value is -2.66. The van der Waals surface area contributed by atoms with Gasteiger partial charge in [0.25, 0.3) is 0 Å². The smallest absolute Gasteiger partial charge is 0.229 e. The zero-order chi connectivity index (χ0) is 16.9. The van der Waals surface area contributed by atoms with Crippen molar-refractivity contribution in [2.75, 3.05) is 30.9 Å². The minimum absolute atomic E-state index is 0.585. The van der Waals surface area contributed by atoms with Gasteiger partial charge in [0, 0.05) is 24.7 Å². The van der Waals surface area contributed by atoms with E-state index in [0.717, 1.165) is 28.0 Å². The molecule has 24 heavy (non-hydrogen) atoms. The second-order valence-corrected chi connectivity index (χ2v) is 5.78. The predicted octanol–water partition coefficient (Wildman–Crippen LogP) is 4.05. The van der Waals surface area contributed by atoms with Crippen LogP contribution in [0.3, 0.4) is 0 Å². The molecule has 0 atom stereocenters. The lowest BCUT2D eigenvalue weighted by Gasteiger charge is -2.13. The van der Waals surface area contributed by atoms with Crippen molar-refractivity contribution in [3.63, 3.8) is 0 Å². The zero-order valence-electron chi connectivity index (χ0n) is 14.3. The third kappa shape index (κ3) is 3.63. The average molecular weight is 322 g/mol. The van der Waals surface area contributed by atoms with Gasteiger partial charge in [0.2, 0.25) is 5.95 Å². The van der Waals surface area contributed by atoms with Crippen LogP contribution in [0.15, 0.2) is 42.5 Å². The SMILES string of the molecule is COCCNc1nc(Nc2cc(C)ccc2C)nc2ccccc12. The van der Waals surface area contributed by atoms with Crippen LogP contribution in [-0.2, 0) is 4.74 Å². The third-order valence-electron chi connectivity index (χ3n) is 3.84. The lowest BCUT2D eigenvalue weighted by Crippen LogP contribution is -2.10. The van der Waals surface area contributed by atoms with Crippen LogP contribution >= 0.6 is 0 Å². The molecule has 2 N–H and O–H groups in total. The number of anilines is 3. The van der Waals surface area contributed by atoms with Gasteiger partial charge in [-0.15, -0.1) is 0 Å². The maximum Gasteiger partial charge on any atom is 0.229 e. The number of ether oxygens (including phenoxy) is 1. The van der Waals surface area contributed by atoms with Crippen LogP contribution in [0.5, 0.6) is 0 Å². The van der Waals surface area contributed by atoms with Crippen LogP contribution in [0.4, 0.5) is 17.5 Å². The summed E-state index contributed by atoms with van der Waals surface area (Å²) in [6.07, 6.45) is 0. The molecule has 1 aromatic heterocycles. The van der Waals surface area contributed by atoms with Gasteiger partial charge in [-0.2, -0.15) is 4.98 Å². The Morgan fingerprint density at radius 2 is 1.88 bits per heavy atom. The fourth-order valence-electron chi connectivity index (χ4n) is 2.53. The molecule has 0 aliphatic carbocycles. The lowest BCUT2D eigenvalue weighted by atomic mass is 10.1. The molecular weight excluding hydrogens is 300 g/mol. The van der Waals surface area contributed by atoms with Gasteiger partial charge in [-0.05, 0) is 43.2 Å². The number of hydrogen-bond acceptors (Lipinski definition) is 5. The van der Waals surface area contributed by atoms with Crippen LogP contribution in [0.1, 0.15) is 11.1 Å². The van der Waals surface area contributed by atoms with Crippen molar-refractivity contribution in [3.8, 4) is 0 Å². The molecule has 0 unspecified atom stereocenters. The first-order valence-electron chi connectivity index (χ1n) is 8.01. The molecule has 2 aromatic carbocycles. The molecule has 0 saturated carbocycles. The Labute approximate surface area is 142 Å². The Kier molecular flexibility index (Phi) is 4.91. The highest BCUT2D eigenvalue weighted by Crippen LogP contribution is 2.25. The van der Waals surface area contributed by atoms with Gasteiger partial charge >= 0.3 is 0 Å². The Balaban J connectivity index is 1.97. The predicted molar refractivity (Wildman–Crippen MR) is 99.1 cm³/mol. The summed E-state index contributed by atoms with van der Waals surface area (Å²) in [6, 6.07) is 14.3. The Morgan fingerprint density at radius 1 is 1.04 bits per heavy atom. The lowest BCUT2D eigenvalue weighted by molar-refractivity contribution is 0.210. The first-order valence-corrected chi connectivity index (χ1v) is 8.01. The standard InChI is InChI=1S/C19H22N4O/c1-13-8-9-14(2)17(12-13)22-19-21-16-7-5-4-6-15(16)18(23-19)20-10-11-24-3/h4-9,12H,10-11H2,1-3H3,(H2,20,21,22,23). The molecule has 1 heterocycles. The third-order valence-corrected chi connectivity index (χ3v) is 3.84. The maximum absolute atomic E-state index is 5.11. The average Bonchev–Trinajstić information content (AvgIpc) is 2.58. The van der Waals surface area contributed by atoms with E-state index in [1.54, 1.807) is 7.11 Å². The number of aromatic nitrogens is 2. The molecule has 3 rings (SSSR count). The second-order valence-electron chi connectivity index (χ2n) is 5.78. The molecule has 124 valence electrons. The van der Waals surface area contributed by atoms with Gasteiger partial charge < -0.3 is 15.4 Å². The van der Waals surface area contributed by atoms with Crippen molar-refractivity contribution in [1.82, 2.24) is 9.97 Å². The molecule has 5 nitrogen and oxygen atoms in total.